The molecule has 0 bridgehead atoms. The van der Waals surface area contributed by atoms with Gasteiger partial charge in [-0.3, -0.25) is 4.79 Å². The fraction of sp³-hybridized carbons (Fsp3) is 0.533. The molecule has 1 unspecified atom stereocenters. The SMILES string of the molecule is CC(C)OC(=O)C(c1ccccc1)C1(C)OCCO1. The zero-order valence-corrected chi connectivity index (χ0v) is 11.6. The van der Waals surface area contributed by atoms with Crippen LogP contribution in [0.5, 0.6) is 0 Å². The molecule has 0 aromatic heterocycles. The predicted molar refractivity (Wildman–Crippen MR) is 70.7 cm³/mol. The summed E-state index contributed by atoms with van der Waals surface area (Å²) in [6.07, 6.45) is -0.163. The Morgan fingerprint density at radius 3 is 2.32 bits per heavy atom. The van der Waals surface area contributed by atoms with Crippen LogP contribution in [0.3, 0.4) is 0 Å². The van der Waals surface area contributed by atoms with Crippen LogP contribution in [0.2, 0.25) is 0 Å². The average molecular weight is 264 g/mol. The first kappa shape index (κ1) is 14.0. The minimum absolute atomic E-state index is 0.163. The number of esters is 1. The van der Waals surface area contributed by atoms with E-state index in [1.165, 1.54) is 0 Å². The molecule has 4 heteroatoms. The standard InChI is InChI=1S/C15H20O4/c1-11(2)19-14(16)13(12-7-5-4-6-8-12)15(3)17-9-10-18-15/h4-8,11,13H,9-10H2,1-3H3. The minimum atomic E-state index is -0.951. The van der Waals surface area contributed by atoms with Crippen molar-refractivity contribution in [3.8, 4) is 0 Å². The summed E-state index contributed by atoms with van der Waals surface area (Å²) in [5, 5.41) is 0. The summed E-state index contributed by atoms with van der Waals surface area (Å²) >= 11 is 0. The normalized spacial score (nSPS) is 19.4. The van der Waals surface area contributed by atoms with Crippen LogP contribution in [-0.4, -0.2) is 31.1 Å². The Kier molecular flexibility index (Phi) is 4.22. The van der Waals surface area contributed by atoms with E-state index in [0.29, 0.717) is 13.2 Å². The van der Waals surface area contributed by atoms with Gasteiger partial charge in [0.05, 0.1) is 19.3 Å². The van der Waals surface area contributed by atoms with E-state index in [2.05, 4.69) is 0 Å². The van der Waals surface area contributed by atoms with Crippen molar-refractivity contribution in [1.29, 1.82) is 0 Å². The third kappa shape index (κ3) is 3.14. The smallest absolute Gasteiger partial charge is 0.319 e. The molecular weight excluding hydrogens is 244 g/mol. The molecule has 2 rings (SSSR count). The molecule has 19 heavy (non-hydrogen) atoms. The summed E-state index contributed by atoms with van der Waals surface area (Å²) in [5.41, 5.74) is 0.845. The molecule has 1 saturated heterocycles. The molecule has 1 aromatic rings. The van der Waals surface area contributed by atoms with Gasteiger partial charge in [-0.1, -0.05) is 30.3 Å². The Hall–Kier alpha value is -1.39. The van der Waals surface area contributed by atoms with E-state index < -0.39 is 11.7 Å². The second-order valence-electron chi connectivity index (χ2n) is 5.04. The van der Waals surface area contributed by atoms with Crippen LogP contribution < -0.4 is 0 Å². The van der Waals surface area contributed by atoms with E-state index >= 15 is 0 Å². The van der Waals surface area contributed by atoms with E-state index in [9.17, 15) is 4.79 Å². The minimum Gasteiger partial charge on any atom is -0.462 e. The van der Waals surface area contributed by atoms with Crippen molar-refractivity contribution in [1.82, 2.24) is 0 Å². The van der Waals surface area contributed by atoms with E-state index in [1.54, 1.807) is 6.92 Å². The highest BCUT2D eigenvalue weighted by molar-refractivity contribution is 5.79. The highest BCUT2D eigenvalue weighted by Gasteiger charge is 2.46. The molecule has 1 aliphatic heterocycles. The maximum absolute atomic E-state index is 12.4. The van der Waals surface area contributed by atoms with E-state index in [-0.39, 0.29) is 12.1 Å². The molecule has 104 valence electrons. The molecule has 1 heterocycles. The van der Waals surface area contributed by atoms with Crippen molar-refractivity contribution in [2.24, 2.45) is 0 Å². The van der Waals surface area contributed by atoms with Gasteiger partial charge in [0.2, 0.25) is 0 Å². The summed E-state index contributed by atoms with van der Waals surface area (Å²) in [5.74, 6) is -1.84. The summed E-state index contributed by atoms with van der Waals surface area (Å²) in [6.45, 7) is 6.44. The Bertz CT molecular complexity index is 421. The van der Waals surface area contributed by atoms with Gasteiger partial charge in [-0.25, -0.2) is 0 Å². The number of carbonyl (C=O) groups is 1. The van der Waals surface area contributed by atoms with Crippen molar-refractivity contribution in [3.63, 3.8) is 0 Å². The van der Waals surface area contributed by atoms with Gasteiger partial charge < -0.3 is 14.2 Å². The number of rotatable bonds is 4. The number of hydrogen-bond donors (Lipinski definition) is 0. The Labute approximate surface area is 113 Å². The first-order valence-corrected chi connectivity index (χ1v) is 6.56. The van der Waals surface area contributed by atoms with Crippen molar-refractivity contribution >= 4 is 5.97 Å². The molecule has 1 fully saturated rings. The zero-order chi connectivity index (χ0) is 13.9. The first-order chi connectivity index (χ1) is 9.03. The number of ether oxygens (including phenoxy) is 3. The highest BCUT2D eigenvalue weighted by Crippen LogP contribution is 2.36. The molecule has 0 saturated carbocycles. The van der Waals surface area contributed by atoms with Crippen LogP contribution >= 0.6 is 0 Å². The molecule has 0 aliphatic carbocycles. The summed E-state index contributed by atoms with van der Waals surface area (Å²) in [6, 6.07) is 9.48. The van der Waals surface area contributed by atoms with Crippen LogP contribution in [0.25, 0.3) is 0 Å². The Morgan fingerprint density at radius 2 is 1.79 bits per heavy atom. The lowest BCUT2D eigenvalue weighted by molar-refractivity contribution is -0.187. The van der Waals surface area contributed by atoms with Crippen molar-refractivity contribution in [2.75, 3.05) is 13.2 Å². The molecule has 1 aromatic carbocycles. The molecule has 1 atom stereocenters. The Balaban J connectivity index is 2.31. The molecule has 0 N–H and O–H groups in total. The van der Waals surface area contributed by atoms with Gasteiger partial charge in [0.15, 0.2) is 5.79 Å². The van der Waals surface area contributed by atoms with Gasteiger partial charge in [-0.05, 0) is 26.3 Å². The van der Waals surface area contributed by atoms with Gasteiger partial charge in [-0.2, -0.15) is 0 Å². The summed E-state index contributed by atoms with van der Waals surface area (Å²) in [4.78, 5) is 12.4. The lowest BCUT2D eigenvalue weighted by atomic mass is 9.91. The number of hydrogen-bond acceptors (Lipinski definition) is 4. The van der Waals surface area contributed by atoms with Crippen molar-refractivity contribution in [2.45, 2.75) is 38.6 Å². The van der Waals surface area contributed by atoms with Crippen LogP contribution in [-0.2, 0) is 19.0 Å². The fourth-order valence-electron chi connectivity index (χ4n) is 2.30. The molecule has 4 nitrogen and oxygen atoms in total. The molecule has 0 spiro atoms. The molecule has 0 amide bonds. The second kappa shape index (κ2) is 5.72. The largest absolute Gasteiger partial charge is 0.462 e. The van der Waals surface area contributed by atoms with Crippen LogP contribution in [0.15, 0.2) is 30.3 Å². The van der Waals surface area contributed by atoms with E-state index in [4.69, 9.17) is 14.2 Å². The van der Waals surface area contributed by atoms with Gasteiger partial charge in [-0.15, -0.1) is 0 Å². The van der Waals surface area contributed by atoms with Crippen LogP contribution in [0, 0.1) is 0 Å². The van der Waals surface area contributed by atoms with Gasteiger partial charge in [0, 0.05) is 0 Å². The lowest BCUT2D eigenvalue weighted by Crippen LogP contribution is -2.40. The Morgan fingerprint density at radius 1 is 1.21 bits per heavy atom. The van der Waals surface area contributed by atoms with Gasteiger partial charge in [0.1, 0.15) is 5.92 Å². The van der Waals surface area contributed by atoms with Crippen LogP contribution in [0.1, 0.15) is 32.3 Å². The van der Waals surface area contributed by atoms with Gasteiger partial charge in [0.25, 0.3) is 0 Å². The molecule has 1 aliphatic rings. The van der Waals surface area contributed by atoms with E-state index in [0.717, 1.165) is 5.56 Å². The average Bonchev–Trinajstić information content (AvgIpc) is 2.77. The maximum atomic E-state index is 12.4. The molecular formula is C15H20O4. The number of benzene rings is 1. The monoisotopic (exact) mass is 264 g/mol. The van der Waals surface area contributed by atoms with Crippen LogP contribution in [0.4, 0.5) is 0 Å². The van der Waals surface area contributed by atoms with E-state index in [1.807, 2.05) is 44.2 Å². The third-order valence-corrected chi connectivity index (χ3v) is 3.11. The predicted octanol–water partition coefficient (Wildman–Crippen LogP) is 2.48. The number of carbonyl (C=O) groups excluding carboxylic acids is 1. The van der Waals surface area contributed by atoms with Crippen molar-refractivity contribution < 1.29 is 19.0 Å². The van der Waals surface area contributed by atoms with Gasteiger partial charge >= 0.3 is 5.97 Å². The lowest BCUT2D eigenvalue weighted by Gasteiger charge is -2.31. The van der Waals surface area contributed by atoms with Crippen molar-refractivity contribution in [3.05, 3.63) is 35.9 Å². The third-order valence-electron chi connectivity index (χ3n) is 3.11. The second-order valence-corrected chi connectivity index (χ2v) is 5.04. The first-order valence-electron chi connectivity index (χ1n) is 6.56. The quantitative estimate of drug-likeness (QED) is 0.784. The summed E-state index contributed by atoms with van der Waals surface area (Å²) < 4.78 is 16.6. The fourth-order valence-corrected chi connectivity index (χ4v) is 2.30. The topological polar surface area (TPSA) is 44.8 Å². The summed E-state index contributed by atoms with van der Waals surface area (Å²) in [7, 11) is 0. The maximum Gasteiger partial charge on any atom is 0.319 e. The zero-order valence-electron chi connectivity index (χ0n) is 11.6. The highest BCUT2D eigenvalue weighted by atomic mass is 16.7. The molecule has 0 radical (unpaired) electrons.